The number of hydrogen-bond donors (Lipinski definition) is 1. The second-order valence-corrected chi connectivity index (χ2v) is 9.82. The fourth-order valence-electron chi connectivity index (χ4n) is 3.70. The third-order valence-corrected chi connectivity index (χ3v) is 7.36. The monoisotopic (exact) mass is 429 g/mol. The molecule has 0 bridgehead atoms. The molecule has 0 aliphatic carbocycles. The first kappa shape index (κ1) is 22.5. The van der Waals surface area contributed by atoms with Gasteiger partial charge in [0.1, 0.15) is 0 Å². The van der Waals surface area contributed by atoms with E-state index in [9.17, 15) is 13.2 Å². The number of nitrogens with zero attached hydrogens (tertiary/aromatic N) is 2. The molecule has 1 aliphatic heterocycles. The highest BCUT2D eigenvalue weighted by Crippen LogP contribution is 2.17. The molecule has 1 N–H and O–H groups in total. The summed E-state index contributed by atoms with van der Waals surface area (Å²) in [4.78, 5) is 14.6. The Bertz CT molecular complexity index is 922. The van der Waals surface area contributed by atoms with Gasteiger partial charge in [0.15, 0.2) is 0 Å². The minimum absolute atomic E-state index is 0.00867. The number of piperazine rings is 1. The van der Waals surface area contributed by atoms with Crippen molar-refractivity contribution >= 4 is 15.9 Å². The normalized spacial score (nSPS) is 16.9. The van der Waals surface area contributed by atoms with Gasteiger partial charge in [-0.2, -0.15) is 4.31 Å². The number of rotatable bonds is 8. The number of aryl methyl sites for hydroxylation is 1. The third kappa shape index (κ3) is 6.14. The van der Waals surface area contributed by atoms with E-state index >= 15 is 0 Å². The van der Waals surface area contributed by atoms with Crippen LogP contribution in [-0.4, -0.2) is 56.3 Å². The summed E-state index contributed by atoms with van der Waals surface area (Å²) >= 11 is 0. The number of sulfonamides is 1. The SMILES string of the molecule is CC[C@@H](NC(=O)CN1CCN(S(=O)(=O)Cc2ccccc2)CC1)c1ccc(C)cc1. The van der Waals surface area contributed by atoms with Gasteiger partial charge in [-0.25, -0.2) is 8.42 Å². The minimum atomic E-state index is -3.34. The van der Waals surface area contributed by atoms with Gasteiger partial charge in [0.05, 0.1) is 18.3 Å². The van der Waals surface area contributed by atoms with Crippen LogP contribution < -0.4 is 5.32 Å². The summed E-state index contributed by atoms with van der Waals surface area (Å²) in [5.74, 6) is -0.00806. The standard InChI is InChI=1S/C23H31N3O3S/c1-3-22(21-11-9-19(2)10-12-21)24-23(27)17-25-13-15-26(16-14-25)30(28,29)18-20-7-5-4-6-8-20/h4-12,22H,3,13-18H2,1-2H3,(H,24,27)/t22-/m1/s1. The molecule has 1 heterocycles. The van der Waals surface area contributed by atoms with Crippen molar-refractivity contribution in [2.75, 3.05) is 32.7 Å². The van der Waals surface area contributed by atoms with Crippen LogP contribution in [0.3, 0.4) is 0 Å². The largest absolute Gasteiger partial charge is 0.348 e. The Morgan fingerprint density at radius 1 is 1.00 bits per heavy atom. The molecule has 162 valence electrons. The Kier molecular flexibility index (Phi) is 7.64. The van der Waals surface area contributed by atoms with E-state index in [4.69, 9.17) is 0 Å². The molecule has 0 spiro atoms. The van der Waals surface area contributed by atoms with Gasteiger partial charge >= 0.3 is 0 Å². The van der Waals surface area contributed by atoms with E-state index in [2.05, 4.69) is 36.5 Å². The second-order valence-electron chi connectivity index (χ2n) is 7.86. The summed E-state index contributed by atoms with van der Waals surface area (Å²) < 4.78 is 26.9. The van der Waals surface area contributed by atoms with E-state index in [0.717, 1.165) is 17.5 Å². The molecular formula is C23H31N3O3S. The molecule has 0 aromatic heterocycles. The van der Waals surface area contributed by atoms with Crippen molar-refractivity contribution in [2.45, 2.75) is 32.1 Å². The van der Waals surface area contributed by atoms with Gasteiger partial charge < -0.3 is 5.32 Å². The molecule has 1 fully saturated rings. The molecule has 0 radical (unpaired) electrons. The minimum Gasteiger partial charge on any atom is -0.348 e. The summed E-state index contributed by atoms with van der Waals surface area (Å²) in [6.45, 7) is 6.33. The number of hydrogen-bond acceptors (Lipinski definition) is 4. The molecule has 2 aromatic carbocycles. The predicted octanol–water partition coefficient (Wildman–Crippen LogP) is 2.71. The molecular weight excluding hydrogens is 398 g/mol. The maximum Gasteiger partial charge on any atom is 0.234 e. The zero-order chi connectivity index (χ0) is 21.6. The number of carbonyl (C=O) groups excluding carboxylic acids is 1. The van der Waals surface area contributed by atoms with Crippen LogP contribution in [0.5, 0.6) is 0 Å². The van der Waals surface area contributed by atoms with Crippen LogP contribution in [0, 0.1) is 6.92 Å². The lowest BCUT2D eigenvalue weighted by molar-refractivity contribution is -0.123. The van der Waals surface area contributed by atoms with Crippen LogP contribution in [0.4, 0.5) is 0 Å². The number of amides is 1. The summed E-state index contributed by atoms with van der Waals surface area (Å²) in [5.41, 5.74) is 3.09. The first-order chi connectivity index (χ1) is 14.4. The smallest absolute Gasteiger partial charge is 0.234 e. The lowest BCUT2D eigenvalue weighted by atomic mass is 10.0. The number of nitrogens with one attached hydrogen (secondary N) is 1. The lowest BCUT2D eigenvalue weighted by Crippen LogP contribution is -2.51. The number of benzene rings is 2. The van der Waals surface area contributed by atoms with E-state index in [1.54, 1.807) is 0 Å². The average molecular weight is 430 g/mol. The topological polar surface area (TPSA) is 69.7 Å². The van der Waals surface area contributed by atoms with Crippen molar-refractivity contribution in [3.63, 3.8) is 0 Å². The number of carbonyl (C=O) groups is 1. The first-order valence-electron chi connectivity index (χ1n) is 10.5. The van der Waals surface area contributed by atoms with Gasteiger partial charge in [-0.1, -0.05) is 67.1 Å². The highest BCUT2D eigenvalue weighted by molar-refractivity contribution is 7.88. The van der Waals surface area contributed by atoms with Gasteiger partial charge in [0, 0.05) is 26.2 Å². The highest BCUT2D eigenvalue weighted by Gasteiger charge is 2.28. The molecule has 2 aromatic rings. The molecule has 0 unspecified atom stereocenters. The molecule has 3 rings (SSSR count). The van der Waals surface area contributed by atoms with Crippen LogP contribution in [0.1, 0.15) is 36.1 Å². The van der Waals surface area contributed by atoms with Crippen molar-refractivity contribution in [3.05, 3.63) is 71.3 Å². The van der Waals surface area contributed by atoms with Crippen molar-refractivity contribution < 1.29 is 13.2 Å². The van der Waals surface area contributed by atoms with Crippen LogP contribution in [0.15, 0.2) is 54.6 Å². The van der Waals surface area contributed by atoms with E-state index < -0.39 is 10.0 Å². The van der Waals surface area contributed by atoms with Gasteiger partial charge in [-0.15, -0.1) is 0 Å². The Morgan fingerprint density at radius 3 is 2.23 bits per heavy atom. The summed E-state index contributed by atoms with van der Waals surface area (Å²) in [6.07, 6.45) is 0.820. The fraction of sp³-hybridized carbons (Fsp3) is 0.435. The summed E-state index contributed by atoms with van der Waals surface area (Å²) in [7, 11) is -3.34. The van der Waals surface area contributed by atoms with Crippen LogP contribution in [-0.2, 0) is 20.6 Å². The second kappa shape index (κ2) is 10.2. The molecule has 7 heteroatoms. The van der Waals surface area contributed by atoms with Crippen molar-refractivity contribution in [1.29, 1.82) is 0 Å². The van der Waals surface area contributed by atoms with Crippen molar-refractivity contribution in [2.24, 2.45) is 0 Å². The van der Waals surface area contributed by atoms with E-state index in [1.807, 2.05) is 42.2 Å². The molecule has 1 saturated heterocycles. The van der Waals surface area contributed by atoms with Gasteiger partial charge in [-0.05, 0) is 24.5 Å². The molecule has 30 heavy (non-hydrogen) atoms. The first-order valence-corrected chi connectivity index (χ1v) is 12.1. The van der Waals surface area contributed by atoms with Gasteiger partial charge in [-0.3, -0.25) is 9.69 Å². The zero-order valence-corrected chi connectivity index (χ0v) is 18.6. The van der Waals surface area contributed by atoms with Gasteiger partial charge in [0.25, 0.3) is 0 Å². The Balaban J connectivity index is 1.49. The quantitative estimate of drug-likeness (QED) is 0.701. The third-order valence-electron chi connectivity index (χ3n) is 5.51. The van der Waals surface area contributed by atoms with Crippen LogP contribution in [0.2, 0.25) is 0 Å². The van der Waals surface area contributed by atoms with Crippen LogP contribution >= 0.6 is 0 Å². The predicted molar refractivity (Wildman–Crippen MR) is 119 cm³/mol. The molecule has 1 aliphatic rings. The van der Waals surface area contributed by atoms with E-state index in [1.165, 1.54) is 9.87 Å². The Hall–Kier alpha value is -2.22. The highest BCUT2D eigenvalue weighted by atomic mass is 32.2. The summed E-state index contributed by atoms with van der Waals surface area (Å²) in [6, 6.07) is 17.4. The molecule has 6 nitrogen and oxygen atoms in total. The van der Waals surface area contributed by atoms with Crippen LogP contribution in [0.25, 0.3) is 0 Å². The molecule has 1 amide bonds. The fourth-order valence-corrected chi connectivity index (χ4v) is 5.22. The zero-order valence-electron chi connectivity index (χ0n) is 17.8. The summed E-state index contributed by atoms with van der Waals surface area (Å²) in [5, 5.41) is 3.11. The van der Waals surface area contributed by atoms with Crippen molar-refractivity contribution in [1.82, 2.24) is 14.5 Å². The van der Waals surface area contributed by atoms with Crippen molar-refractivity contribution in [3.8, 4) is 0 Å². The molecule has 1 atom stereocenters. The maximum atomic E-state index is 12.7. The van der Waals surface area contributed by atoms with E-state index in [0.29, 0.717) is 26.2 Å². The molecule has 0 saturated carbocycles. The van der Waals surface area contributed by atoms with E-state index in [-0.39, 0.29) is 24.2 Å². The Morgan fingerprint density at radius 2 is 1.63 bits per heavy atom. The Labute approximate surface area is 179 Å². The van der Waals surface area contributed by atoms with Gasteiger partial charge in [0.2, 0.25) is 15.9 Å². The lowest BCUT2D eigenvalue weighted by Gasteiger charge is -2.33. The average Bonchev–Trinajstić information content (AvgIpc) is 2.73. The maximum absolute atomic E-state index is 12.7.